The molecule has 1 saturated carbocycles. The molecule has 8 heteroatoms. The van der Waals surface area contributed by atoms with Crippen LogP contribution in [0.4, 0.5) is 0 Å². The molecule has 0 aliphatic heterocycles. The van der Waals surface area contributed by atoms with Crippen molar-refractivity contribution in [2.24, 2.45) is 0 Å². The number of benzene rings is 1. The van der Waals surface area contributed by atoms with Gasteiger partial charge in [-0.2, -0.15) is 0 Å². The monoisotopic (exact) mass is 446 g/mol. The Hall–Kier alpha value is -0.890. The lowest BCUT2D eigenvalue weighted by atomic mass is 9.79. The summed E-state index contributed by atoms with van der Waals surface area (Å²) in [4.78, 5) is 4.54. The zero-order valence-electron chi connectivity index (χ0n) is 13.8. The van der Waals surface area contributed by atoms with Crippen LogP contribution in [0.2, 0.25) is 0 Å². The molecule has 0 bridgehead atoms. The van der Waals surface area contributed by atoms with Crippen LogP contribution >= 0.6 is 27.5 Å². The van der Waals surface area contributed by atoms with Gasteiger partial charge in [0.1, 0.15) is 6.26 Å². The number of nitrogens with zero attached hydrogens (tertiary/aromatic N) is 1. The van der Waals surface area contributed by atoms with E-state index in [0.717, 1.165) is 29.3 Å². The van der Waals surface area contributed by atoms with E-state index in [-0.39, 0.29) is 11.5 Å². The Morgan fingerprint density at radius 2 is 2.28 bits per heavy atom. The van der Waals surface area contributed by atoms with E-state index in [1.807, 2.05) is 12.1 Å². The minimum Gasteiger partial charge on any atom is -0.448 e. The first-order valence-corrected chi connectivity index (χ1v) is 11.2. The Morgan fingerprint density at radius 1 is 1.48 bits per heavy atom. The van der Waals surface area contributed by atoms with Crippen LogP contribution in [0.5, 0.6) is 0 Å². The van der Waals surface area contributed by atoms with Gasteiger partial charge in [-0.15, -0.1) is 11.6 Å². The zero-order chi connectivity index (χ0) is 18.1. The molecule has 2 aromatic rings. The predicted octanol–water partition coefficient (Wildman–Crippen LogP) is 3.76. The van der Waals surface area contributed by atoms with Gasteiger partial charge in [-0.3, -0.25) is 0 Å². The Bertz CT molecular complexity index is 855. The Balaban J connectivity index is 1.92. The van der Waals surface area contributed by atoms with E-state index in [4.69, 9.17) is 16.0 Å². The van der Waals surface area contributed by atoms with E-state index in [1.165, 1.54) is 6.26 Å². The fourth-order valence-corrected chi connectivity index (χ4v) is 4.99. The molecule has 0 unspecified atom stereocenters. The van der Waals surface area contributed by atoms with Gasteiger partial charge in [0, 0.05) is 10.5 Å². The van der Waals surface area contributed by atoms with Crippen LogP contribution in [0, 0.1) is 0 Å². The highest BCUT2D eigenvalue weighted by molar-refractivity contribution is 9.10. The average molecular weight is 448 g/mol. The van der Waals surface area contributed by atoms with Crippen LogP contribution < -0.4 is 4.72 Å². The van der Waals surface area contributed by atoms with Gasteiger partial charge in [0.2, 0.25) is 15.9 Å². The third kappa shape index (κ3) is 4.64. The first-order chi connectivity index (χ1) is 11.8. The standard InChI is InChI=1S/C17H20BrClN2O3S/c1-25(22,23)21-14-5-6-17(9-14,16-20-15(10-19)11-24-16)8-12-3-2-4-13(18)7-12/h2-4,7,11,14,21H,5-6,8-10H2,1H3/t14-,17+/m0/s1. The molecule has 1 aromatic heterocycles. The quantitative estimate of drug-likeness (QED) is 0.684. The maximum absolute atomic E-state index is 11.6. The maximum Gasteiger partial charge on any atom is 0.208 e. The van der Waals surface area contributed by atoms with Gasteiger partial charge in [0.15, 0.2) is 0 Å². The second kappa shape index (κ2) is 7.39. The third-order valence-corrected chi connectivity index (χ3v) is 6.09. The molecule has 1 aromatic carbocycles. The van der Waals surface area contributed by atoms with Crippen molar-refractivity contribution in [3.8, 4) is 0 Å². The van der Waals surface area contributed by atoms with E-state index in [2.05, 4.69) is 37.8 Å². The van der Waals surface area contributed by atoms with E-state index in [0.29, 0.717) is 23.9 Å². The van der Waals surface area contributed by atoms with Crippen molar-refractivity contribution in [2.45, 2.75) is 43.0 Å². The number of hydrogen-bond acceptors (Lipinski definition) is 4. The molecule has 5 nitrogen and oxygen atoms in total. The molecule has 2 atom stereocenters. The van der Waals surface area contributed by atoms with Gasteiger partial charge in [-0.05, 0) is 43.4 Å². The van der Waals surface area contributed by atoms with Crippen molar-refractivity contribution in [1.29, 1.82) is 0 Å². The zero-order valence-corrected chi connectivity index (χ0v) is 17.0. The second-order valence-corrected chi connectivity index (χ2v) is 9.66. The highest BCUT2D eigenvalue weighted by Gasteiger charge is 2.45. The number of nitrogens with one attached hydrogen (secondary N) is 1. The summed E-state index contributed by atoms with van der Waals surface area (Å²) in [5, 5.41) is 0. The van der Waals surface area contributed by atoms with Gasteiger partial charge >= 0.3 is 0 Å². The predicted molar refractivity (Wildman–Crippen MR) is 101 cm³/mol. The molecule has 1 fully saturated rings. The molecule has 0 saturated heterocycles. The number of oxazole rings is 1. The first-order valence-electron chi connectivity index (χ1n) is 8.02. The van der Waals surface area contributed by atoms with Gasteiger partial charge < -0.3 is 4.42 Å². The van der Waals surface area contributed by atoms with E-state index >= 15 is 0 Å². The van der Waals surface area contributed by atoms with Crippen LogP contribution in [-0.4, -0.2) is 25.7 Å². The number of aromatic nitrogens is 1. The summed E-state index contributed by atoms with van der Waals surface area (Å²) in [6.45, 7) is 0. The van der Waals surface area contributed by atoms with E-state index in [9.17, 15) is 8.42 Å². The van der Waals surface area contributed by atoms with Crippen LogP contribution in [0.25, 0.3) is 0 Å². The fraction of sp³-hybridized carbons (Fsp3) is 0.471. The van der Waals surface area contributed by atoms with Crippen LogP contribution in [0.3, 0.4) is 0 Å². The maximum atomic E-state index is 11.6. The highest BCUT2D eigenvalue weighted by atomic mass is 79.9. The number of rotatable bonds is 6. The number of sulfonamides is 1. The summed E-state index contributed by atoms with van der Waals surface area (Å²) in [5.41, 5.74) is 1.51. The number of alkyl halides is 1. The Labute approximate surface area is 161 Å². The number of hydrogen-bond donors (Lipinski definition) is 1. The minimum absolute atomic E-state index is 0.117. The molecule has 25 heavy (non-hydrogen) atoms. The topological polar surface area (TPSA) is 72.2 Å². The van der Waals surface area contributed by atoms with Crippen molar-refractivity contribution >= 4 is 37.6 Å². The average Bonchev–Trinajstić information content (AvgIpc) is 3.14. The lowest BCUT2D eigenvalue weighted by Crippen LogP contribution is -2.35. The van der Waals surface area contributed by atoms with Crippen LogP contribution in [-0.2, 0) is 27.7 Å². The van der Waals surface area contributed by atoms with Crippen molar-refractivity contribution < 1.29 is 12.8 Å². The van der Waals surface area contributed by atoms with Gasteiger partial charge in [-0.1, -0.05) is 28.1 Å². The summed E-state index contributed by atoms with van der Waals surface area (Å²) >= 11 is 9.37. The molecule has 1 heterocycles. The van der Waals surface area contributed by atoms with Crippen molar-refractivity contribution in [1.82, 2.24) is 9.71 Å². The summed E-state index contributed by atoms with van der Waals surface area (Å²) < 4.78 is 32.7. The normalized spacial score (nSPS) is 23.9. The SMILES string of the molecule is CS(=O)(=O)N[C@H]1CC[C@](Cc2cccc(Br)c2)(c2nc(CCl)co2)C1. The second-order valence-electron chi connectivity index (χ2n) is 6.69. The lowest BCUT2D eigenvalue weighted by Gasteiger charge is -2.26. The Kier molecular flexibility index (Phi) is 5.58. The summed E-state index contributed by atoms with van der Waals surface area (Å²) in [6, 6.07) is 8.00. The fourth-order valence-electron chi connectivity index (χ4n) is 3.61. The summed E-state index contributed by atoms with van der Waals surface area (Å²) in [6.07, 6.45) is 5.71. The van der Waals surface area contributed by atoms with E-state index in [1.54, 1.807) is 6.26 Å². The minimum atomic E-state index is -3.25. The van der Waals surface area contributed by atoms with Crippen LogP contribution in [0.15, 0.2) is 39.4 Å². The molecular weight excluding hydrogens is 428 g/mol. The summed E-state index contributed by atoms with van der Waals surface area (Å²) in [5.74, 6) is 0.933. The molecule has 1 aliphatic carbocycles. The molecule has 1 N–H and O–H groups in total. The molecule has 3 rings (SSSR count). The van der Waals surface area contributed by atoms with Crippen molar-refractivity contribution in [2.75, 3.05) is 6.26 Å². The van der Waals surface area contributed by atoms with Crippen molar-refractivity contribution in [3.05, 3.63) is 52.1 Å². The lowest BCUT2D eigenvalue weighted by molar-refractivity contribution is 0.318. The molecule has 0 spiro atoms. The van der Waals surface area contributed by atoms with Crippen LogP contribution in [0.1, 0.15) is 36.4 Å². The third-order valence-electron chi connectivity index (χ3n) is 4.56. The Morgan fingerprint density at radius 3 is 2.92 bits per heavy atom. The largest absolute Gasteiger partial charge is 0.448 e. The molecule has 0 radical (unpaired) electrons. The van der Waals surface area contributed by atoms with Gasteiger partial charge in [-0.25, -0.2) is 18.1 Å². The van der Waals surface area contributed by atoms with E-state index < -0.39 is 10.0 Å². The number of halogens is 2. The summed E-state index contributed by atoms with van der Waals surface area (Å²) in [7, 11) is -3.25. The van der Waals surface area contributed by atoms with Gasteiger partial charge in [0.05, 0.1) is 23.2 Å². The molecular formula is C17H20BrClN2O3S. The molecule has 136 valence electrons. The highest BCUT2D eigenvalue weighted by Crippen LogP contribution is 2.44. The molecule has 0 amide bonds. The van der Waals surface area contributed by atoms with Crippen molar-refractivity contribution in [3.63, 3.8) is 0 Å². The molecule has 1 aliphatic rings. The van der Waals surface area contributed by atoms with Gasteiger partial charge in [0.25, 0.3) is 0 Å². The smallest absolute Gasteiger partial charge is 0.208 e. The first kappa shape index (κ1) is 18.9.